The molecule has 0 amide bonds. The molecule has 0 aliphatic carbocycles. The fraction of sp³-hybridized carbons (Fsp3) is 0.176. The van der Waals surface area contributed by atoms with Crippen molar-refractivity contribution >= 4 is 0 Å². The Morgan fingerprint density at radius 3 is 1.89 bits per heavy atom. The molecule has 2 aromatic carbocycles. The minimum absolute atomic E-state index is 0.324. The van der Waals surface area contributed by atoms with Crippen molar-refractivity contribution in [3.05, 3.63) is 71.8 Å². The summed E-state index contributed by atoms with van der Waals surface area (Å²) >= 11 is 0. The van der Waals surface area contributed by atoms with Gasteiger partial charge < -0.3 is 0 Å². The minimum Gasteiger partial charge on any atom is -0.198 e. The van der Waals surface area contributed by atoms with E-state index in [4.69, 9.17) is 0 Å². The monoisotopic (exact) mass is 246 g/mol. The van der Waals surface area contributed by atoms with E-state index in [1.807, 2.05) is 60.7 Å². The van der Waals surface area contributed by atoms with Gasteiger partial charge in [0.15, 0.2) is 0 Å². The number of benzene rings is 2. The van der Waals surface area contributed by atoms with Crippen LogP contribution in [0.5, 0.6) is 0 Å². The molecule has 92 valence electrons. The smallest absolute Gasteiger partial charge is 0.0874 e. The van der Waals surface area contributed by atoms with E-state index in [1.165, 1.54) is 0 Å². The number of rotatable bonds is 4. The van der Waals surface area contributed by atoms with Crippen LogP contribution in [0.2, 0.25) is 0 Å². The normalized spacial score (nSPS) is 12.9. The van der Waals surface area contributed by atoms with E-state index in [0.29, 0.717) is 6.42 Å². The summed E-state index contributed by atoms with van der Waals surface area (Å²) in [4.78, 5) is 0. The summed E-state index contributed by atoms with van der Waals surface area (Å²) in [6.07, 6.45) is 0.602. The molecule has 0 bridgehead atoms. The second-order valence-corrected chi connectivity index (χ2v) is 4.44. The van der Waals surface area contributed by atoms with Crippen molar-refractivity contribution in [2.45, 2.75) is 12.3 Å². The largest absolute Gasteiger partial charge is 0.198 e. The Hall–Kier alpha value is -2.58. The third kappa shape index (κ3) is 3.21. The number of nitriles is 2. The lowest BCUT2D eigenvalue weighted by Gasteiger charge is -2.15. The molecule has 0 N–H and O–H groups in total. The maximum atomic E-state index is 9.36. The molecular weight excluding hydrogens is 232 g/mol. The van der Waals surface area contributed by atoms with Crippen LogP contribution in [0, 0.1) is 28.6 Å². The summed E-state index contributed by atoms with van der Waals surface area (Å²) in [5, 5.41) is 18.7. The third-order valence-electron chi connectivity index (χ3n) is 3.16. The van der Waals surface area contributed by atoms with Gasteiger partial charge in [0.05, 0.1) is 24.0 Å². The Morgan fingerprint density at radius 1 is 0.789 bits per heavy atom. The first-order valence-corrected chi connectivity index (χ1v) is 6.23. The highest BCUT2D eigenvalue weighted by molar-refractivity contribution is 5.29. The molecule has 2 atom stereocenters. The molecule has 19 heavy (non-hydrogen) atoms. The zero-order chi connectivity index (χ0) is 13.5. The van der Waals surface area contributed by atoms with E-state index < -0.39 is 0 Å². The number of hydrogen-bond acceptors (Lipinski definition) is 2. The molecule has 2 aromatic rings. The lowest BCUT2D eigenvalue weighted by atomic mass is 9.84. The fourth-order valence-corrected chi connectivity index (χ4v) is 2.16. The van der Waals surface area contributed by atoms with Gasteiger partial charge in [0.25, 0.3) is 0 Å². The lowest BCUT2D eigenvalue weighted by Crippen LogP contribution is -2.12. The van der Waals surface area contributed by atoms with Gasteiger partial charge in [-0.2, -0.15) is 10.5 Å². The molecule has 0 aliphatic rings. The van der Waals surface area contributed by atoms with E-state index in [1.54, 1.807) is 0 Å². The van der Waals surface area contributed by atoms with Gasteiger partial charge in [-0.25, -0.2) is 0 Å². The first-order chi connectivity index (χ1) is 9.35. The van der Waals surface area contributed by atoms with Crippen molar-refractivity contribution in [1.82, 2.24) is 0 Å². The van der Waals surface area contributed by atoms with Crippen molar-refractivity contribution in [2.24, 2.45) is 5.92 Å². The van der Waals surface area contributed by atoms with Gasteiger partial charge in [0.2, 0.25) is 0 Å². The quantitative estimate of drug-likeness (QED) is 0.826. The maximum Gasteiger partial charge on any atom is 0.0874 e. The molecule has 0 unspecified atom stereocenters. The Labute approximate surface area is 113 Å². The summed E-state index contributed by atoms with van der Waals surface area (Å²) in [5.41, 5.74) is 2.00. The first kappa shape index (κ1) is 12.9. The standard InChI is InChI=1S/C17H14N2/c18-12-16(11-14-7-3-1-4-8-14)17(13-19)15-9-5-2-6-10-15/h1-10,16-17H,11H2/t16-,17-/m1/s1. The van der Waals surface area contributed by atoms with Crippen molar-refractivity contribution in [3.8, 4) is 12.1 Å². The Bertz CT molecular complexity index is 591. The molecule has 0 spiro atoms. The van der Waals surface area contributed by atoms with Gasteiger partial charge in [0.1, 0.15) is 0 Å². The Morgan fingerprint density at radius 2 is 1.37 bits per heavy atom. The minimum atomic E-state index is -0.383. The highest BCUT2D eigenvalue weighted by atomic mass is 14.4. The van der Waals surface area contributed by atoms with Gasteiger partial charge >= 0.3 is 0 Å². The van der Waals surface area contributed by atoms with Crippen molar-refractivity contribution < 1.29 is 0 Å². The van der Waals surface area contributed by atoms with E-state index >= 15 is 0 Å². The van der Waals surface area contributed by atoms with E-state index in [0.717, 1.165) is 11.1 Å². The molecule has 2 heteroatoms. The SMILES string of the molecule is N#C[C@H](c1ccccc1)[C@@H](C#N)Cc1ccccc1. The van der Waals surface area contributed by atoms with Gasteiger partial charge in [-0.05, 0) is 17.5 Å². The van der Waals surface area contributed by atoms with Crippen LogP contribution in [-0.4, -0.2) is 0 Å². The molecule has 0 aromatic heterocycles. The average molecular weight is 246 g/mol. The summed E-state index contributed by atoms with van der Waals surface area (Å²) in [7, 11) is 0. The molecular formula is C17H14N2. The molecule has 0 heterocycles. The topological polar surface area (TPSA) is 47.6 Å². The first-order valence-electron chi connectivity index (χ1n) is 6.23. The second kappa shape index (κ2) is 6.38. The second-order valence-electron chi connectivity index (χ2n) is 4.44. The Kier molecular flexibility index (Phi) is 4.32. The zero-order valence-corrected chi connectivity index (χ0v) is 10.5. The van der Waals surface area contributed by atoms with Crippen LogP contribution in [0.4, 0.5) is 0 Å². The van der Waals surface area contributed by atoms with Gasteiger partial charge in [-0.1, -0.05) is 60.7 Å². The van der Waals surface area contributed by atoms with Gasteiger partial charge in [-0.3, -0.25) is 0 Å². The number of nitrogens with zero attached hydrogens (tertiary/aromatic N) is 2. The van der Waals surface area contributed by atoms with E-state index in [9.17, 15) is 10.5 Å². The summed E-state index contributed by atoms with van der Waals surface area (Å²) < 4.78 is 0. The maximum absolute atomic E-state index is 9.36. The highest BCUT2D eigenvalue weighted by Gasteiger charge is 2.22. The van der Waals surface area contributed by atoms with Crippen LogP contribution < -0.4 is 0 Å². The van der Waals surface area contributed by atoms with Gasteiger partial charge in [0, 0.05) is 0 Å². The average Bonchev–Trinajstić information content (AvgIpc) is 2.49. The molecule has 0 fully saturated rings. The summed E-state index contributed by atoms with van der Waals surface area (Å²) in [6.45, 7) is 0. The predicted molar refractivity (Wildman–Crippen MR) is 74.0 cm³/mol. The molecule has 0 aliphatic heterocycles. The van der Waals surface area contributed by atoms with Crippen LogP contribution in [0.3, 0.4) is 0 Å². The van der Waals surface area contributed by atoms with Gasteiger partial charge in [-0.15, -0.1) is 0 Å². The van der Waals surface area contributed by atoms with Crippen molar-refractivity contribution in [3.63, 3.8) is 0 Å². The summed E-state index contributed by atoms with van der Waals surface area (Å²) in [6, 6.07) is 23.9. The van der Waals surface area contributed by atoms with Crippen LogP contribution in [0.1, 0.15) is 17.0 Å². The van der Waals surface area contributed by atoms with Crippen molar-refractivity contribution in [2.75, 3.05) is 0 Å². The van der Waals surface area contributed by atoms with Crippen LogP contribution in [0.15, 0.2) is 60.7 Å². The van der Waals surface area contributed by atoms with E-state index in [-0.39, 0.29) is 11.8 Å². The third-order valence-corrected chi connectivity index (χ3v) is 3.16. The molecule has 0 saturated heterocycles. The van der Waals surface area contributed by atoms with Crippen molar-refractivity contribution in [1.29, 1.82) is 10.5 Å². The lowest BCUT2D eigenvalue weighted by molar-refractivity contribution is 0.601. The van der Waals surface area contributed by atoms with Crippen LogP contribution in [-0.2, 0) is 6.42 Å². The Balaban J connectivity index is 2.22. The van der Waals surface area contributed by atoms with Crippen LogP contribution in [0.25, 0.3) is 0 Å². The van der Waals surface area contributed by atoms with Crippen LogP contribution >= 0.6 is 0 Å². The predicted octanol–water partition coefficient (Wildman–Crippen LogP) is 3.68. The molecule has 2 rings (SSSR count). The summed E-state index contributed by atoms with van der Waals surface area (Å²) in [5.74, 6) is -0.707. The molecule has 2 nitrogen and oxygen atoms in total. The number of hydrogen-bond donors (Lipinski definition) is 0. The highest BCUT2D eigenvalue weighted by Crippen LogP contribution is 2.26. The molecule has 0 saturated carbocycles. The van der Waals surface area contributed by atoms with E-state index in [2.05, 4.69) is 12.1 Å². The fourth-order valence-electron chi connectivity index (χ4n) is 2.16. The molecule has 0 radical (unpaired) electrons. The zero-order valence-electron chi connectivity index (χ0n) is 10.5.